The van der Waals surface area contributed by atoms with Gasteiger partial charge in [-0.25, -0.2) is 4.98 Å². The molecule has 1 heterocycles. The second-order valence-corrected chi connectivity index (χ2v) is 3.55. The number of oxazole rings is 1. The smallest absolute Gasteiger partial charge is 0.181 e. The van der Waals surface area contributed by atoms with Crippen LogP contribution in [0.5, 0.6) is 0 Å². The van der Waals surface area contributed by atoms with Crippen molar-refractivity contribution in [1.29, 1.82) is 0 Å². The summed E-state index contributed by atoms with van der Waals surface area (Å²) in [6, 6.07) is 7.57. The molecule has 1 aromatic heterocycles. The predicted molar refractivity (Wildman–Crippen MR) is 59.7 cm³/mol. The summed E-state index contributed by atoms with van der Waals surface area (Å²) in [5.74, 6) is 0.731. The van der Waals surface area contributed by atoms with Gasteiger partial charge in [-0.3, -0.25) is 0 Å². The summed E-state index contributed by atoms with van der Waals surface area (Å²) in [4.78, 5) is 4.14. The fourth-order valence-electron chi connectivity index (χ4n) is 1.43. The minimum atomic E-state index is 0.664. The average molecular weight is 223 g/mol. The van der Waals surface area contributed by atoms with E-state index in [-0.39, 0.29) is 0 Å². The van der Waals surface area contributed by atoms with Gasteiger partial charge in [0, 0.05) is 12.1 Å². The van der Waals surface area contributed by atoms with E-state index in [0.29, 0.717) is 11.6 Å². The molecule has 0 unspecified atom stereocenters. The van der Waals surface area contributed by atoms with E-state index in [1.54, 1.807) is 0 Å². The highest BCUT2D eigenvalue weighted by Crippen LogP contribution is 2.29. The van der Waals surface area contributed by atoms with Gasteiger partial charge in [-0.1, -0.05) is 23.7 Å². The Hall–Kier alpha value is -1.32. The fraction of sp³-hybridized carbons (Fsp3) is 0.182. The van der Waals surface area contributed by atoms with Gasteiger partial charge < -0.3 is 9.73 Å². The van der Waals surface area contributed by atoms with Crippen LogP contribution in [0.2, 0.25) is 5.02 Å². The Morgan fingerprint density at radius 2 is 2.20 bits per heavy atom. The second kappa shape index (κ2) is 4.47. The van der Waals surface area contributed by atoms with E-state index >= 15 is 0 Å². The first-order valence-corrected chi connectivity index (χ1v) is 5.02. The number of rotatable bonds is 3. The highest BCUT2D eigenvalue weighted by molar-refractivity contribution is 6.33. The minimum Gasteiger partial charge on any atom is -0.443 e. The van der Waals surface area contributed by atoms with Gasteiger partial charge in [0.15, 0.2) is 12.2 Å². The monoisotopic (exact) mass is 222 g/mol. The molecular weight excluding hydrogens is 212 g/mol. The number of halogens is 1. The van der Waals surface area contributed by atoms with Gasteiger partial charge in [0.2, 0.25) is 0 Å². The number of nitrogens with zero attached hydrogens (tertiary/aromatic N) is 1. The van der Waals surface area contributed by atoms with Crippen LogP contribution in [0, 0.1) is 0 Å². The summed E-state index contributed by atoms with van der Waals surface area (Å²) < 4.78 is 5.35. The molecule has 4 heteroatoms. The average Bonchev–Trinajstić information content (AvgIpc) is 2.67. The first kappa shape index (κ1) is 10.2. The van der Waals surface area contributed by atoms with Crippen LogP contribution in [0.15, 0.2) is 35.1 Å². The van der Waals surface area contributed by atoms with Gasteiger partial charge in [-0.05, 0) is 19.2 Å². The minimum absolute atomic E-state index is 0.664. The molecule has 2 aromatic rings. The second-order valence-electron chi connectivity index (χ2n) is 3.14. The zero-order valence-electron chi connectivity index (χ0n) is 8.33. The highest BCUT2D eigenvalue weighted by Gasteiger charge is 2.12. The van der Waals surface area contributed by atoms with Crippen LogP contribution in [0.3, 0.4) is 0 Å². The Bertz CT molecular complexity index is 453. The lowest BCUT2D eigenvalue weighted by Gasteiger charge is -2.02. The first-order valence-electron chi connectivity index (χ1n) is 4.65. The van der Waals surface area contributed by atoms with Crippen molar-refractivity contribution in [1.82, 2.24) is 10.3 Å². The topological polar surface area (TPSA) is 38.1 Å². The van der Waals surface area contributed by atoms with Crippen molar-refractivity contribution in [2.45, 2.75) is 6.54 Å². The third-order valence-corrected chi connectivity index (χ3v) is 2.43. The van der Waals surface area contributed by atoms with Crippen molar-refractivity contribution in [2.75, 3.05) is 7.05 Å². The lowest BCUT2D eigenvalue weighted by atomic mass is 10.1. The standard InChI is InChI=1S/C11H11ClN2O/c1-13-6-10-11(15-7-14-10)8-4-2-3-5-9(8)12/h2-5,7,13H,6H2,1H3. The van der Waals surface area contributed by atoms with Crippen molar-refractivity contribution in [3.63, 3.8) is 0 Å². The zero-order chi connectivity index (χ0) is 10.7. The SMILES string of the molecule is CNCc1ncoc1-c1ccccc1Cl. The van der Waals surface area contributed by atoms with E-state index in [1.807, 2.05) is 31.3 Å². The number of benzene rings is 1. The summed E-state index contributed by atoms with van der Waals surface area (Å²) in [6.45, 7) is 0.664. The Morgan fingerprint density at radius 1 is 1.40 bits per heavy atom. The fourth-order valence-corrected chi connectivity index (χ4v) is 1.65. The molecule has 15 heavy (non-hydrogen) atoms. The lowest BCUT2D eigenvalue weighted by Crippen LogP contribution is -2.06. The van der Waals surface area contributed by atoms with Gasteiger partial charge >= 0.3 is 0 Å². The van der Waals surface area contributed by atoms with Gasteiger partial charge in [-0.15, -0.1) is 0 Å². The van der Waals surface area contributed by atoms with Crippen molar-refractivity contribution in [3.8, 4) is 11.3 Å². The maximum Gasteiger partial charge on any atom is 0.181 e. The Morgan fingerprint density at radius 3 is 2.93 bits per heavy atom. The molecule has 0 aliphatic heterocycles. The Kier molecular flexibility index (Phi) is 3.04. The molecule has 1 N–H and O–H groups in total. The van der Waals surface area contributed by atoms with Crippen LogP contribution in [0.4, 0.5) is 0 Å². The molecule has 0 fully saturated rings. The summed E-state index contributed by atoms with van der Waals surface area (Å²) >= 11 is 6.08. The van der Waals surface area contributed by atoms with Crippen LogP contribution in [-0.2, 0) is 6.54 Å². The number of nitrogens with one attached hydrogen (secondary N) is 1. The molecule has 2 rings (SSSR count). The molecular formula is C11H11ClN2O. The normalized spacial score (nSPS) is 10.5. The molecule has 0 radical (unpaired) electrons. The summed E-state index contributed by atoms with van der Waals surface area (Å²) in [5.41, 5.74) is 1.74. The lowest BCUT2D eigenvalue weighted by molar-refractivity contribution is 0.570. The van der Waals surface area contributed by atoms with E-state index in [9.17, 15) is 0 Å². The van der Waals surface area contributed by atoms with Crippen molar-refractivity contribution in [3.05, 3.63) is 41.4 Å². The molecule has 1 aromatic carbocycles. The molecule has 0 atom stereocenters. The molecule has 0 bridgehead atoms. The van der Waals surface area contributed by atoms with Crippen molar-refractivity contribution in [2.24, 2.45) is 0 Å². The molecule has 0 spiro atoms. The maximum absolute atomic E-state index is 6.08. The van der Waals surface area contributed by atoms with Gasteiger partial charge in [0.1, 0.15) is 5.69 Å². The van der Waals surface area contributed by atoms with Crippen LogP contribution in [0.1, 0.15) is 5.69 Å². The van der Waals surface area contributed by atoms with E-state index in [2.05, 4.69) is 10.3 Å². The van der Waals surface area contributed by atoms with Crippen molar-refractivity contribution >= 4 is 11.6 Å². The Balaban J connectivity index is 2.45. The highest BCUT2D eigenvalue weighted by atomic mass is 35.5. The van der Waals surface area contributed by atoms with E-state index in [0.717, 1.165) is 17.0 Å². The van der Waals surface area contributed by atoms with Gasteiger partial charge in [0.05, 0.1) is 5.02 Å². The molecule has 0 saturated carbocycles. The van der Waals surface area contributed by atoms with Crippen LogP contribution < -0.4 is 5.32 Å². The third kappa shape index (κ3) is 2.03. The molecule has 78 valence electrons. The molecule has 0 aliphatic carbocycles. The number of aromatic nitrogens is 1. The van der Waals surface area contributed by atoms with Crippen LogP contribution >= 0.6 is 11.6 Å². The van der Waals surface area contributed by atoms with E-state index in [4.69, 9.17) is 16.0 Å². The largest absolute Gasteiger partial charge is 0.443 e. The summed E-state index contributed by atoms with van der Waals surface area (Å²) in [6.07, 6.45) is 1.44. The maximum atomic E-state index is 6.08. The van der Waals surface area contributed by atoms with Crippen molar-refractivity contribution < 1.29 is 4.42 Å². The van der Waals surface area contributed by atoms with Crippen LogP contribution in [0.25, 0.3) is 11.3 Å². The van der Waals surface area contributed by atoms with Gasteiger partial charge in [0.25, 0.3) is 0 Å². The number of hydrogen-bond donors (Lipinski definition) is 1. The third-order valence-electron chi connectivity index (χ3n) is 2.10. The first-order chi connectivity index (χ1) is 7.33. The summed E-state index contributed by atoms with van der Waals surface area (Å²) in [5, 5.41) is 3.71. The quantitative estimate of drug-likeness (QED) is 0.868. The summed E-state index contributed by atoms with van der Waals surface area (Å²) in [7, 11) is 1.87. The molecule has 0 aliphatic rings. The Labute approximate surface area is 93.1 Å². The molecule has 3 nitrogen and oxygen atoms in total. The van der Waals surface area contributed by atoms with Gasteiger partial charge in [-0.2, -0.15) is 0 Å². The molecule has 0 saturated heterocycles. The molecule has 0 amide bonds. The number of hydrogen-bond acceptors (Lipinski definition) is 3. The van der Waals surface area contributed by atoms with E-state index in [1.165, 1.54) is 6.39 Å². The van der Waals surface area contributed by atoms with E-state index < -0.39 is 0 Å². The van der Waals surface area contributed by atoms with Crippen LogP contribution in [-0.4, -0.2) is 12.0 Å². The zero-order valence-corrected chi connectivity index (χ0v) is 9.08. The predicted octanol–water partition coefficient (Wildman–Crippen LogP) is 2.71.